The van der Waals surface area contributed by atoms with Gasteiger partial charge in [-0.2, -0.15) is 13.2 Å². The van der Waals surface area contributed by atoms with Gasteiger partial charge in [0.1, 0.15) is 5.82 Å². The SMILES string of the molecule is CCCC(=O)N(C)Cc1c(F)cccc1C(F)(F)F. The van der Waals surface area contributed by atoms with E-state index in [0.29, 0.717) is 6.42 Å². The molecule has 1 aromatic rings. The summed E-state index contributed by atoms with van der Waals surface area (Å²) in [5.74, 6) is -1.26. The molecule has 0 spiro atoms. The summed E-state index contributed by atoms with van der Waals surface area (Å²) in [6.07, 6.45) is -3.81. The molecule has 0 fully saturated rings. The van der Waals surface area contributed by atoms with Crippen LogP contribution in [0.5, 0.6) is 0 Å². The molecule has 0 aliphatic rings. The Balaban J connectivity index is 3.03. The summed E-state index contributed by atoms with van der Waals surface area (Å²) < 4.78 is 51.8. The Labute approximate surface area is 109 Å². The van der Waals surface area contributed by atoms with Crippen LogP contribution in [-0.2, 0) is 17.5 Å². The number of amides is 1. The third-order valence-electron chi connectivity index (χ3n) is 2.71. The normalized spacial score (nSPS) is 11.5. The molecule has 1 amide bonds. The molecular formula is C13H15F4NO. The van der Waals surface area contributed by atoms with E-state index in [0.717, 1.165) is 23.1 Å². The van der Waals surface area contributed by atoms with Gasteiger partial charge >= 0.3 is 6.18 Å². The van der Waals surface area contributed by atoms with Gasteiger partial charge in [0.15, 0.2) is 0 Å². The highest BCUT2D eigenvalue weighted by Gasteiger charge is 2.34. The van der Waals surface area contributed by atoms with Crippen LogP contribution in [0, 0.1) is 5.82 Å². The Morgan fingerprint density at radius 1 is 1.32 bits per heavy atom. The molecular weight excluding hydrogens is 262 g/mol. The van der Waals surface area contributed by atoms with E-state index in [9.17, 15) is 22.4 Å². The van der Waals surface area contributed by atoms with E-state index >= 15 is 0 Å². The number of hydrogen-bond donors (Lipinski definition) is 0. The van der Waals surface area contributed by atoms with Gasteiger partial charge in [0.25, 0.3) is 0 Å². The predicted octanol–water partition coefficient (Wildman–Crippen LogP) is 3.60. The lowest BCUT2D eigenvalue weighted by molar-refractivity contribution is -0.139. The van der Waals surface area contributed by atoms with Crippen LogP contribution in [0.4, 0.5) is 17.6 Å². The molecule has 0 bridgehead atoms. The summed E-state index contributed by atoms with van der Waals surface area (Å²) in [4.78, 5) is 12.7. The van der Waals surface area contributed by atoms with Crippen LogP contribution in [0.2, 0.25) is 0 Å². The molecule has 1 aromatic carbocycles. The van der Waals surface area contributed by atoms with Gasteiger partial charge in [-0.1, -0.05) is 13.0 Å². The van der Waals surface area contributed by atoms with Crippen molar-refractivity contribution < 1.29 is 22.4 Å². The fraction of sp³-hybridized carbons (Fsp3) is 0.462. The van der Waals surface area contributed by atoms with Crippen LogP contribution < -0.4 is 0 Å². The van der Waals surface area contributed by atoms with Crippen LogP contribution in [-0.4, -0.2) is 17.9 Å². The second-order valence-corrected chi connectivity index (χ2v) is 4.26. The number of rotatable bonds is 4. The first-order valence-corrected chi connectivity index (χ1v) is 5.86. The van der Waals surface area contributed by atoms with Crippen molar-refractivity contribution in [2.45, 2.75) is 32.5 Å². The highest BCUT2D eigenvalue weighted by atomic mass is 19.4. The van der Waals surface area contributed by atoms with E-state index < -0.39 is 23.1 Å². The Morgan fingerprint density at radius 2 is 1.95 bits per heavy atom. The smallest absolute Gasteiger partial charge is 0.341 e. The van der Waals surface area contributed by atoms with E-state index in [1.165, 1.54) is 7.05 Å². The summed E-state index contributed by atoms with van der Waals surface area (Å²) in [6, 6.07) is 2.79. The number of alkyl halides is 3. The largest absolute Gasteiger partial charge is 0.416 e. The fourth-order valence-corrected chi connectivity index (χ4v) is 1.72. The second kappa shape index (κ2) is 6.04. The third-order valence-corrected chi connectivity index (χ3v) is 2.71. The highest BCUT2D eigenvalue weighted by molar-refractivity contribution is 5.75. The molecule has 0 saturated carbocycles. The van der Waals surface area contributed by atoms with Crippen molar-refractivity contribution in [3.05, 3.63) is 35.1 Å². The lowest BCUT2D eigenvalue weighted by Gasteiger charge is -2.20. The number of benzene rings is 1. The van der Waals surface area contributed by atoms with Crippen LogP contribution in [0.3, 0.4) is 0 Å². The van der Waals surface area contributed by atoms with E-state index in [1.807, 2.05) is 0 Å². The predicted molar refractivity (Wildman–Crippen MR) is 62.8 cm³/mol. The molecule has 6 heteroatoms. The molecule has 0 radical (unpaired) electrons. The number of nitrogens with zero attached hydrogens (tertiary/aromatic N) is 1. The maximum Gasteiger partial charge on any atom is 0.416 e. The van der Waals surface area contributed by atoms with Crippen molar-refractivity contribution in [1.29, 1.82) is 0 Å². The maximum absolute atomic E-state index is 13.6. The minimum Gasteiger partial charge on any atom is -0.341 e. The standard InChI is InChI=1S/C13H15F4NO/c1-3-5-12(19)18(2)8-9-10(13(15,16)17)6-4-7-11(9)14/h4,6-7H,3,5,8H2,1-2H3. The number of hydrogen-bond acceptors (Lipinski definition) is 1. The minimum absolute atomic E-state index is 0.228. The van der Waals surface area contributed by atoms with Gasteiger partial charge in [0, 0.05) is 25.6 Å². The molecule has 2 nitrogen and oxygen atoms in total. The van der Waals surface area contributed by atoms with Crippen molar-refractivity contribution in [3.8, 4) is 0 Å². The molecule has 0 saturated heterocycles. The average molecular weight is 277 g/mol. The first-order chi connectivity index (χ1) is 8.77. The Kier molecular flexibility index (Phi) is 4.91. The Bertz CT molecular complexity index is 456. The highest BCUT2D eigenvalue weighted by Crippen LogP contribution is 2.33. The molecule has 106 valence electrons. The quantitative estimate of drug-likeness (QED) is 0.770. The first-order valence-electron chi connectivity index (χ1n) is 5.86. The van der Waals surface area contributed by atoms with Crippen LogP contribution in [0.1, 0.15) is 30.9 Å². The average Bonchev–Trinajstić information content (AvgIpc) is 2.30. The van der Waals surface area contributed by atoms with Gasteiger partial charge in [0.05, 0.1) is 5.56 Å². The van der Waals surface area contributed by atoms with Gasteiger partial charge < -0.3 is 4.90 Å². The fourth-order valence-electron chi connectivity index (χ4n) is 1.72. The number of carbonyl (C=O) groups is 1. The van der Waals surface area contributed by atoms with Gasteiger partial charge in [-0.3, -0.25) is 4.79 Å². The second-order valence-electron chi connectivity index (χ2n) is 4.26. The van der Waals surface area contributed by atoms with Gasteiger partial charge in [-0.15, -0.1) is 0 Å². The molecule has 0 unspecified atom stereocenters. The van der Waals surface area contributed by atoms with Gasteiger partial charge in [-0.05, 0) is 18.6 Å². The molecule has 0 N–H and O–H groups in total. The minimum atomic E-state index is -4.63. The van der Waals surface area contributed by atoms with Crippen molar-refractivity contribution in [2.24, 2.45) is 0 Å². The van der Waals surface area contributed by atoms with Crippen molar-refractivity contribution in [1.82, 2.24) is 4.90 Å². The van der Waals surface area contributed by atoms with Crippen LogP contribution in [0.15, 0.2) is 18.2 Å². The van der Waals surface area contributed by atoms with Crippen molar-refractivity contribution >= 4 is 5.91 Å². The lowest BCUT2D eigenvalue weighted by atomic mass is 10.1. The first kappa shape index (κ1) is 15.5. The number of halogens is 4. The Hall–Kier alpha value is -1.59. The summed E-state index contributed by atoms with van der Waals surface area (Å²) in [5.41, 5.74) is -1.54. The van der Waals surface area contributed by atoms with E-state index in [1.54, 1.807) is 6.92 Å². The van der Waals surface area contributed by atoms with Crippen LogP contribution in [0.25, 0.3) is 0 Å². The molecule has 0 heterocycles. The van der Waals surface area contributed by atoms with Gasteiger partial charge in [0.2, 0.25) is 5.91 Å². The maximum atomic E-state index is 13.6. The van der Waals surface area contributed by atoms with Crippen molar-refractivity contribution in [3.63, 3.8) is 0 Å². The van der Waals surface area contributed by atoms with E-state index in [-0.39, 0.29) is 18.9 Å². The zero-order chi connectivity index (χ0) is 14.6. The molecule has 0 aromatic heterocycles. The van der Waals surface area contributed by atoms with E-state index in [2.05, 4.69) is 0 Å². The molecule has 0 aliphatic carbocycles. The summed E-state index contributed by atoms with van der Waals surface area (Å²) >= 11 is 0. The monoisotopic (exact) mass is 277 g/mol. The molecule has 1 rings (SSSR count). The Morgan fingerprint density at radius 3 is 2.47 bits per heavy atom. The number of carbonyl (C=O) groups excluding carboxylic acids is 1. The third kappa shape index (κ3) is 3.94. The summed E-state index contributed by atoms with van der Waals surface area (Å²) in [6.45, 7) is 1.40. The zero-order valence-corrected chi connectivity index (χ0v) is 10.7. The van der Waals surface area contributed by atoms with E-state index in [4.69, 9.17) is 0 Å². The summed E-state index contributed by atoms with van der Waals surface area (Å²) in [7, 11) is 1.37. The molecule has 0 aliphatic heterocycles. The van der Waals surface area contributed by atoms with Crippen molar-refractivity contribution in [2.75, 3.05) is 7.05 Å². The molecule has 19 heavy (non-hydrogen) atoms. The topological polar surface area (TPSA) is 20.3 Å². The van der Waals surface area contributed by atoms with Crippen LogP contribution >= 0.6 is 0 Å². The summed E-state index contributed by atoms with van der Waals surface area (Å²) in [5, 5.41) is 0. The molecule has 0 atom stereocenters. The lowest BCUT2D eigenvalue weighted by Crippen LogP contribution is -2.27. The zero-order valence-electron chi connectivity index (χ0n) is 10.7. The van der Waals surface area contributed by atoms with Gasteiger partial charge in [-0.25, -0.2) is 4.39 Å².